The number of aliphatic imine (C=N–C) groups is 1. The van der Waals surface area contributed by atoms with Crippen molar-refractivity contribution >= 4 is 34.5 Å². The molecule has 0 bridgehead atoms. The van der Waals surface area contributed by atoms with Gasteiger partial charge in [0, 0.05) is 12.5 Å². The zero-order valence-electron chi connectivity index (χ0n) is 17.8. The number of aromatic hydroxyl groups is 1. The fourth-order valence-corrected chi connectivity index (χ4v) is 4.02. The molecule has 0 spiro atoms. The lowest BCUT2D eigenvalue weighted by Gasteiger charge is -2.39. The van der Waals surface area contributed by atoms with Crippen molar-refractivity contribution in [1.29, 1.82) is 0 Å². The van der Waals surface area contributed by atoms with Gasteiger partial charge in [-0.05, 0) is 67.1 Å². The molecule has 0 aliphatic carbocycles. The van der Waals surface area contributed by atoms with Crippen molar-refractivity contribution in [2.75, 3.05) is 26.9 Å². The van der Waals surface area contributed by atoms with Gasteiger partial charge in [-0.2, -0.15) is 0 Å². The number of aliphatic hydroxyl groups excluding tert-OH is 1. The summed E-state index contributed by atoms with van der Waals surface area (Å²) < 4.78 is 25.4. The maximum Gasteiger partial charge on any atom is 0.172 e. The van der Waals surface area contributed by atoms with E-state index in [9.17, 15) is 14.6 Å². The Bertz CT molecular complexity index is 785. The van der Waals surface area contributed by atoms with Crippen molar-refractivity contribution in [3.05, 3.63) is 32.8 Å². The predicted octanol–water partition coefficient (Wildman–Crippen LogP) is 4.00. The Kier molecular flexibility index (Phi) is 7.69. The van der Waals surface area contributed by atoms with E-state index < -0.39 is 17.6 Å². The lowest BCUT2D eigenvalue weighted by Crippen LogP contribution is -2.53. The summed E-state index contributed by atoms with van der Waals surface area (Å²) >= 11 is 1.86. The molecule has 1 aromatic carbocycles. The molecule has 0 aromatic heterocycles. The summed E-state index contributed by atoms with van der Waals surface area (Å²) in [7, 11) is 1.67. The van der Waals surface area contributed by atoms with E-state index in [2.05, 4.69) is 18.8 Å². The molecule has 2 rings (SSSR count). The van der Waals surface area contributed by atoms with Crippen LogP contribution in [0.3, 0.4) is 0 Å². The number of nitrogens with zero attached hydrogens (tertiary/aromatic N) is 2. The average molecular weight is 520 g/mol. The van der Waals surface area contributed by atoms with Crippen LogP contribution in [0.4, 0.5) is 4.39 Å². The van der Waals surface area contributed by atoms with E-state index in [1.807, 2.05) is 43.4 Å². The molecule has 0 fully saturated rings. The normalized spacial score (nSPS) is 19.2. The predicted molar refractivity (Wildman–Crippen MR) is 120 cm³/mol. The Morgan fingerprint density at radius 2 is 1.90 bits per heavy atom. The quantitative estimate of drug-likeness (QED) is 0.508. The Hall–Kier alpha value is -1.23. The van der Waals surface area contributed by atoms with Crippen molar-refractivity contribution < 1.29 is 24.1 Å². The molecule has 1 aliphatic heterocycles. The molecule has 162 valence electrons. The number of ether oxygens (including phenoxy) is 2. The van der Waals surface area contributed by atoms with E-state index in [0.717, 1.165) is 0 Å². The average Bonchev–Trinajstić information content (AvgIpc) is 2.86. The van der Waals surface area contributed by atoms with Crippen LogP contribution in [0.5, 0.6) is 5.75 Å². The molecule has 6 nitrogen and oxygen atoms in total. The van der Waals surface area contributed by atoms with Crippen molar-refractivity contribution in [3.8, 4) is 5.75 Å². The number of hydrogen-bond acceptors (Lipinski definition) is 6. The molecule has 1 aliphatic rings. The van der Waals surface area contributed by atoms with Crippen LogP contribution in [0.2, 0.25) is 0 Å². The van der Waals surface area contributed by atoms with Crippen LogP contribution >= 0.6 is 22.6 Å². The zero-order valence-corrected chi connectivity index (χ0v) is 19.9. The SMILES string of the molecule is COCC(C)(C)COCC(C)(C)N1C(C)=N/C(=C\c2cc(F)c(O)c(I)c2)C1O. The molecular formula is C21H30FIN2O4. The van der Waals surface area contributed by atoms with Gasteiger partial charge in [-0.15, -0.1) is 0 Å². The number of hydrogen-bond donors (Lipinski definition) is 2. The molecular weight excluding hydrogens is 490 g/mol. The van der Waals surface area contributed by atoms with Gasteiger partial charge in [0.2, 0.25) is 0 Å². The van der Waals surface area contributed by atoms with Crippen molar-refractivity contribution in [2.45, 2.75) is 46.4 Å². The molecule has 29 heavy (non-hydrogen) atoms. The van der Waals surface area contributed by atoms with Crippen LogP contribution < -0.4 is 0 Å². The number of amidine groups is 1. The largest absolute Gasteiger partial charge is 0.504 e. The standard InChI is InChI=1S/C21H30FIN2O4/c1-13-24-17(9-14-7-15(22)18(26)16(23)8-14)19(27)25(13)21(4,5)12-29-11-20(2,3)10-28-6/h7-9,19,26-27H,10-12H2,1-6H3/b17-9-. The monoisotopic (exact) mass is 520 g/mol. The summed E-state index contributed by atoms with van der Waals surface area (Å²) in [5.41, 5.74) is 0.312. The Labute approximate surface area is 185 Å². The molecule has 1 heterocycles. The summed E-state index contributed by atoms with van der Waals surface area (Å²) in [5, 5.41) is 20.5. The van der Waals surface area contributed by atoms with Gasteiger partial charge in [0.05, 0.1) is 34.6 Å². The smallest absolute Gasteiger partial charge is 0.172 e. The molecule has 2 N–H and O–H groups in total. The fourth-order valence-electron chi connectivity index (χ4n) is 3.40. The fraction of sp³-hybridized carbons (Fsp3) is 0.571. The van der Waals surface area contributed by atoms with Crippen molar-refractivity contribution in [3.63, 3.8) is 0 Å². The topological polar surface area (TPSA) is 74.5 Å². The van der Waals surface area contributed by atoms with Crippen molar-refractivity contribution in [1.82, 2.24) is 4.90 Å². The van der Waals surface area contributed by atoms with E-state index in [4.69, 9.17) is 9.47 Å². The van der Waals surface area contributed by atoms with Crippen LogP contribution in [0, 0.1) is 14.8 Å². The second-order valence-electron chi connectivity index (χ2n) is 8.71. The first-order valence-corrected chi connectivity index (χ1v) is 10.4. The molecule has 0 saturated carbocycles. The molecule has 1 aromatic rings. The number of rotatable bonds is 8. The molecule has 0 saturated heterocycles. The molecule has 8 heteroatoms. The minimum absolute atomic E-state index is 0.108. The first kappa shape index (κ1) is 24.0. The number of phenolic OH excluding ortho intramolecular Hbond substituents is 1. The van der Waals surface area contributed by atoms with Gasteiger partial charge in [-0.25, -0.2) is 9.38 Å². The summed E-state index contributed by atoms with van der Waals surface area (Å²) in [6.07, 6.45) is 0.646. The Morgan fingerprint density at radius 3 is 2.48 bits per heavy atom. The molecule has 0 amide bonds. The first-order chi connectivity index (χ1) is 13.4. The minimum atomic E-state index is -0.977. The Balaban J connectivity index is 2.15. The first-order valence-electron chi connectivity index (χ1n) is 9.37. The van der Waals surface area contributed by atoms with E-state index in [0.29, 0.717) is 40.5 Å². The van der Waals surface area contributed by atoms with Gasteiger partial charge < -0.3 is 24.6 Å². The zero-order chi connectivity index (χ0) is 22.0. The molecule has 1 unspecified atom stereocenters. The van der Waals surface area contributed by atoms with E-state index in [1.54, 1.807) is 24.2 Å². The number of aliphatic hydroxyl groups is 1. The highest BCUT2D eigenvalue weighted by atomic mass is 127. The number of benzene rings is 1. The second-order valence-corrected chi connectivity index (χ2v) is 9.87. The van der Waals surface area contributed by atoms with Gasteiger partial charge in [0.25, 0.3) is 0 Å². The van der Waals surface area contributed by atoms with E-state index >= 15 is 0 Å². The maximum atomic E-state index is 13.8. The Morgan fingerprint density at radius 1 is 1.24 bits per heavy atom. The van der Waals surface area contributed by atoms with Crippen LogP contribution in [-0.4, -0.2) is 59.6 Å². The van der Waals surface area contributed by atoms with Crippen LogP contribution in [-0.2, 0) is 9.47 Å². The third-order valence-corrected chi connectivity index (χ3v) is 5.46. The number of methoxy groups -OCH3 is 1. The van der Waals surface area contributed by atoms with Gasteiger partial charge in [-0.3, -0.25) is 0 Å². The third kappa shape index (κ3) is 5.90. The lowest BCUT2D eigenvalue weighted by molar-refractivity contribution is -0.0463. The summed E-state index contributed by atoms with van der Waals surface area (Å²) in [4.78, 5) is 6.27. The van der Waals surface area contributed by atoms with Gasteiger partial charge >= 0.3 is 0 Å². The highest BCUT2D eigenvalue weighted by Gasteiger charge is 2.39. The van der Waals surface area contributed by atoms with E-state index in [-0.39, 0.29) is 11.2 Å². The van der Waals surface area contributed by atoms with Crippen LogP contribution in [0.1, 0.15) is 40.2 Å². The van der Waals surface area contributed by atoms with Gasteiger partial charge in [0.1, 0.15) is 5.84 Å². The maximum absolute atomic E-state index is 13.8. The highest BCUT2D eigenvalue weighted by molar-refractivity contribution is 14.1. The summed E-state index contributed by atoms with van der Waals surface area (Å²) in [6.45, 7) is 11.4. The molecule has 0 radical (unpaired) electrons. The lowest BCUT2D eigenvalue weighted by atomic mass is 9.96. The minimum Gasteiger partial charge on any atom is -0.504 e. The van der Waals surface area contributed by atoms with Crippen LogP contribution in [0.15, 0.2) is 22.8 Å². The number of halogens is 2. The summed E-state index contributed by atoms with van der Waals surface area (Å²) in [5.74, 6) is -0.431. The van der Waals surface area contributed by atoms with Gasteiger partial charge in [-0.1, -0.05) is 13.8 Å². The van der Waals surface area contributed by atoms with E-state index in [1.165, 1.54) is 6.07 Å². The summed E-state index contributed by atoms with van der Waals surface area (Å²) in [6, 6.07) is 2.86. The second kappa shape index (κ2) is 9.28. The van der Waals surface area contributed by atoms with Crippen molar-refractivity contribution in [2.24, 2.45) is 10.4 Å². The molecule has 1 atom stereocenters. The van der Waals surface area contributed by atoms with Gasteiger partial charge in [0.15, 0.2) is 17.8 Å². The third-order valence-electron chi connectivity index (χ3n) is 4.64. The number of phenols is 1. The highest BCUT2D eigenvalue weighted by Crippen LogP contribution is 2.31. The van der Waals surface area contributed by atoms with Crippen LogP contribution in [0.25, 0.3) is 6.08 Å².